The molecule has 10 heteroatoms. The predicted molar refractivity (Wildman–Crippen MR) is 163 cm³/mol. The number of benzene rings is 2. The second kappa shape index (κ2) is 12.2. The van der Waals surface area contributed by atoms with Crippen LogP contribution in [-0.2, 0) is 4.79 Å². The molecule has 0 aliphatic carbocycles. The van der Waals surface area contributed by atoms with Crippen LogP contribution in [0.3, 0.4) is 0 Å². The maximum atomic E-state index is 12.4. The van der Waals surface area contributed by atoms with E-state index in [1.807, 2.05) is 42.5 Å². The van der Waals surface area contributed by atoms with Crippen molar-refractivity contribution in [3.05, 3.63) is 67.5 Å². The van der Waals surface area contributed by atoms with Crippen molar-refractivity contribution in [1.29, 1.82) is 0 Å². The number of amides is 1. The highest BCUT2D eigenvalue weighted by molar-refractivity contribution is 6.02. The standard InChI is InChI=1S/C31H35N7O3/c1-6-29(39)34-24-16-25(27(40-4)17-26(24)38-13-11-22(12-14-38)37(2)3)35-31-33-19-28(41-5)30(36-31)21-15-20-9-7-8-10-23(20)32-18-21/h6-10,15-19,22H,1,11-14H2,2-5H3,(H,34,39)(H,33,35,36). The molecule has 2 aromatic heterocycles. The lowest BCUT2D eigenvalue weighted by Crippen LogP contribution is -2.42. The highest BCUT2D eigenvalue weighted by Crippen LogP contribution is 2.40. The fourth-order valence-electron chi connectivity index (χ4n) is 5.11. The van der Waals surface area contributed by atoms with E-state index in [-0.39, 0.29) is 5.91 Å². The van der Waals surface area contributed by atoms with E-state index in [9.17, 15) is 4.79 Å². The predicted octanol–water partition coefficient (Wildman–Crippen LogP) is 5.11. The number of hydrogen-bond acceptors (Lipinski definition) is 9. The van der Waals surface area contributed by atoms with Crippen LogP contribution in [-0.4, -0.2) is 73.2 Å². The number of nitrogens with one attached hydrogen (secondary N) is 2. The molecule has 1 aliphatic heterocycles. The summed E-state index contributed by atoms with van der Waals surface area (Å²) in [5.41, 5.74) is 4.43. The zero-order valence-electron chi connectivity index (χ0n) is 23.8. The molecule has 0 saturated carbocycles. The molecule has 2 N–H and O–H groups in total. The van der Waals surface area contributed by atoms with Crippen LogP contribution in [0, 0.1) is 0 Å². The van der Waals surface area contributed by atoms with Crippen molar-refractivity contribution in [3.63, 3.8) is 0 Å². The summed E-state index contributed by atoms with van der Waals surface area (Å²) in [7, 11) is 7.43. The average Bonchev–Trinajstić information content (AvgIpc) is 3.01. The number of aromatic nitrogens is 3. The van der Waals surface area contributed by atoms with Gasteiger partial charge >= 0.3 is 0 Å². The molecule has 3 heterocycles. The second-order valence-electron chi connectivity index (χ2n) is 10.1. The number of hydrogen-bond donors (Lipinski definition) is 2. The minimum atomic E-state index is -0.294. The van der Waals surface area contributed by atoms with Crippen LogP contribution >= 0.6 is 0 Å². The molecule has 0 spiro atoms. The quantitative estimate of drug-likeness (QED) is 0.274. The summed E-state index contributed by atoms with van der Waals surface area (Å²) in [6.45, 7) is 5.34. The van der Waals surface area contributed by atoms with Crippen LogP contribution in [0.2, 0.25) is 0 Å². The highest BCUT2D eigenvalue weighted by atomic mass is 16.5. The van der Waals surface area contributed by atoms with Crippen LogP contribution in [0.5, 0.6) is 11.5 Å². The van der Waals surface area contributed by atoms with Gasteiger partial charge in [0.2, 0.25) is 11.9 Å². The Hall–Kier alpha value is -4.70. The summed E-state index contributed by atoms with van der Waals surface area (Å²) < 4.78 is 11.4. The number of ether oxygens (including phenoxy) is 2. The number of nitrogens with zero attached hydrogens (tertiary/aromatic N) is 5. The number of para-hydroxylation sites is 1. The van der Waals surface area contributed by atoms with Crippen LogP contribution < -0.4 is 25.0 Å². The van der Waals surface area contributed by atoms with E-state index in [2.05, 4.69) is 51.1 Å². The third-order valence-electron chi connectivity index (χ3n) is 7.38. The van der Waals surface area contributed by atoms with E-state index in [4.69, 9.17) is 14.5 Å². The molecular formula is C31H35N7O3. The van der Waals surface area contributed by atoms with Gasteiger partial charge in [-0.25, -0.2) is 9.97 Å². The lowest BCUT2D eigenvalue weighted by molar-refractivity contribution is -0.111. The number of rotatable bonds is 9. The lowest BCUT2D eigenvalue weighted by Gasteiger charge is -2.37. The SMILES string of the molecule is C=CC(=O)Nc1cc(Nc2ncc(OC)c(-c3cnc4ccccc4c3)n2)c(OC)cc1N1CCC(N(C)C)CC1. The number of anilines is 4. The van der Waals surface area contributed by atoms with E-state index in [1.165, 1.54) is 6.08 Å². The smallest absolute Gasteiger partial charge is 0.247 e. The molecule has 212 valence electrons. The number of methoxy groups -OCH3 is 2. The van der Waals surface area contributed by atoms with Crippen LogP contribution in [0.25, 0.3) is 22.2 Å². The first-order chi connectivity index (χ1) is 19.9. The Bertz CT molecular complexity index is 1570. The van der Waals surface area contributed by atoms with E-state index >= 15 is 0 Å². The zero-order chi connectivity index (χ0) is 28.9. The Morgan fingerprint density at radius 3 is 2.49 bits per heavy atom. The monoisotopic (exact) mass is 553 g/mol. The molecule has 0 radical (unpaired) electrons. The third-order valence-corrected chi connectivity index (χ3v) is 7.38. The summed E-state index contributed by atoms with van der Waals surface area (Å²) in [5, 5.41) is 7.24. The Balaban J connectivity index is 1.50. The van der Waals surface area contributed by atoms with Gasteiger partial charge in [0.05, 0.1) is 43.0 Å². The van der Waals surface area contributed by atoms with Gasteiger partial charge < -0.3 is 29.9 Å². The maximum absolute atomic E-state index is 12.4. The van der Waals surface area contributed by atoms with E-state index in [0.717, 1.165) is 48.1 Å². The topological polar surface area (TPSA) is 105 Å². The third kappa shape index (κ3) is 6.07. The van der Waals surface area contributed by atoms with Gasteiger partial charge in [0.1, 0.15) is 11.4 Å². The van der Waals surface area contributed by atoms with E-state index in [0.29, 0.717) is 40.6 Å². The summed E-state index contributed by atoms with van der Waals surface area (Å²) in [4.78, 5) is 30.8. The van der Waals surface area contributed by atoms with Crippen molar-refractivity contribution < 1.29 is 14.3 Å². The molecule has 41 heavy (non-hydrogen) atoms. The van der Waals surface area contributed by atoms with Gasteiger partial charge in [-0.2, -0.15) is 0 Å². The first-order valence-electron chi connectivity index (χ1n) is 13.5. The van der Waals surface area contributed by atoms with Crippen LogP contribution in [0.15, 0.2) is 67.5 Å². The molecule has 1 fully saturated rings. The maximum Gasteiger partial charge on any atom is 0.247 e. The molecule has 2 aromatic carbocycles. The number of pyridine rings is 1. The molecule has 1 saturated heterocycles. The zero-order valence-corrected chi connectivity index (χ0v) is 23.8. The molecular weight excluding hydrogens is 518 g/mol. The Kier molecular flexibility index (Phi) is 8.30. The molecule has 4 aromatic rings. The molecule has 1 amide bonds. The van der Waals surface area contributed by atoms with Gasteiger partial charge in [-0.05, 0) is 51.2 Å². The molecule has 5 rings (SSSR count). The van der Waals surface area contributed by atoms with E-state index in [1.54, 1.807) is 26.6 Å². The van der Waals surface area contributed by atoms with Crippen molar-refractivity contribution in [3.8, 4) is 22.8 Å². The summed E-state index contributed by atoms with van der Waals surface area (Å²) >= 11 is 0. The van der Waals surface area contributed by atoms with Crippen LogP contribution in [0.1, 0.15) is 12.8 Å². The summed E-state index contributed by atoms with van der Waals surface area (Å²) in [6, 6.07) is 14.2. The van der Waals surface area contributed by atoms with Crippen molar-refractivity contribution in [2.75, 3.05) is 56.9 Å². The fourth-order valence-corrected chi connectivity index (χ4v) is 5.11. The number of carbonyl (C=O) groups excluding carboxylic acids is 1. The van der Waals surface area contributed by atoms with Gasteiger partial charge in [0.15, 0.2) is 5.75 Å². The van der Waals surface area contributed by atoms with Gasteiger partial charge in [0.25, 0.3) is 0 Å². The fraction of sp³-hybridized carbons (Fsp3) is 0.290. The Morgan fingerprint density at radius 2 is 1.78 bits per heavy atom. The number of piperidine rings is 1. The van der Waals surface area contributed by atoms with Gasteiger partial charge in [-0.3, -0.25) is 9.78 Å². The Morgan fingerprint density at radius 1 is 1.02 bits per heavy atom. The largest absolute Gasteiger partial charge is 0.494 e. The van der Waals surface area contributed by atoms with Crippen LogP contribution in [0.4, 0.5) is 23.0 Å². The highest BCUT2D eigenvalue weighted by Gasteiger charge is 2.24. The van der Waals surface area contributed by atoms with Crippen molar-refractivity contribution in [1.82, 2.24) is 19.9 Å². The second-order valence-corrected chi connectivity index (χ2v) is 10.1. The van der Waals surface area contributed by atoms with Crippen molar-refractivity contribution in [2.24, 2.45) is 0 Å². The molecule has 0 atom stereocenters. The van der Waals surface area contributed by atoms with Crippen molar-refractivity contribution in [2.45, 2.75) is 18.9 Å². The van der Waals surface area contributed by atoms with Crippen molar-refractivity contribution >= 4 is 39.8 Å². The minimum absolute atomic E-state index is 0.294. The normalized spacial score (nSPS) is 13.7. The van der Waals surface area contributed by atoms with Gasteiger partial charge in [0, 0.05) is 42.3 Å². The molecule has 10 nitrogen and oxygen atoms in total. The Labute approximate surface area is 240 Å². The molecule has 1 aliphatic rings. The average molecular weight is 554 g/mol. The number of carbonyl (C=O) groups is 1. The minimum Gasteiger partial charge on any atom is -0.494 e. The van der Waals surface area contributed by atoms with Gasteiger partial charge in [-0.1, -0.05) is 24.8 Å². The number of fused-ring (bicyclic) bond motifs is 1. The lowest BCUT2D eigenvalue weighted by atomic mass is 10.0. The first kappa shape index (κ1) is 27.9. The summed E-state index contributed by atoms with van der Waals surface area (Å²) in [6.07, 6.45) is 6.70. The van der Waals surface area contributed by atoms with E-state index < -0.39 is 0 Å². The molecule has 0 bridgehead atoms. The molecule has 0 unspecified atom stereocenters. The first-order valence-corrected chi connectivity index (χ1v) is 13.5. The summed E-state index contributed by atoms with van der Waals surface area (Å²) in [5.74, 6) is 1.17. The van der Waals surface area contributed by atoms with Gasteiger partial charge in [-0.15, -0.1) is 0 Å².